The highest BCUT2D eigenvalue weighted by molar-refractivity contribution is 5.83. The fourth-order valence-corrected chi connectivity index (χ4v) is 3.39. The monoisotopic (exact) mass is 342 g/mol. The first-order chi connectivity index (χ1) is 12.1. The number of hydrogen-bond acceptors (Lipinski definition) is 4. The molecule has 2 aromatic rings. The molecule has 0 saturated carbocycles. The molecule has 6 heteroatoms. The van der Waals surface area contributed by atoms with Crippen LogP contribution in [0, 0.1) is 0 Å². The number of ether oxygens (including phenoxy) is 1. The molecule has 0 unspecified atom stereocenters. The maximum absolute atomic E-state index is 12.8. The largest absolute Gasteiger partial charge is 0.373 e. The molecular weight excluding hydrogens is 316 g/mol. The zero-order chi connectivity index (χ0) is 17.6. The highest BCUT2D eigenvalue weighted by Gasteiger charge is 2.24. The summed E-state index contributed by atoms with van der Waals surface area (Å²) in [4.78, 5) is 15.1. The van der Waals surface area contributed by atoms with Crippen LogP contribution in [0.4, 0.5) is 0 Å². The van der Waals surface area contributed by atoms with Crippen LogP contribution in [0.1, 0.15) is 25.5 Å². The van der Waals surface area contributed by atoms with Crippen LogP contribution >= 0.6 is 0 Å². The van der Waals surface area contributed by atoms with Crippen LogP contribution in [0.5, 0.6) is 0 Å². The average molecular weight is 342 g/mol. The summed E-state index contributed by atoms with van der Waals surface area (Å²) in [5, 5.41) is 7.32. The molecule has 1 aliphatic heterocycles. The molecule has 1 aromatic heterocycles. The van der Waals surface area contributed by atoms with Gasteiger partial charge in [0.2, 0.25) is 5.91 Å². The molecule has 1 aliphatic rings. The maximum atomic E-state index is 12.8. The van der Waals surface area contributed by atoms with Crippen molar-refractivity contribution in [1.29, 1.82) is 0 Å². The van der Waals surface area contributed by atoms with Gasteiger partial charge in [-0.15, -0.1) is 0 Å². The van der Waals surface area contributed by atoms with E-state index < -0.39 is 6.04 Å². The van der Waals surface area contributed by atoms with Crippen LogP contribution in [0.15, 0.2) is 48.8 Å². The Morgan fingerprint density at radius 2 is 1.96 bits per heavy atom. The molecule has 0 aliphatic carbocycles. The van der Waals surface area contributed by atoms with E-state index >= 15 is 0 Å². The Hall–Kier alpha value is -2.18. The third kappa shape index (κ3) is 4.67. The van der Waals surface area contributed by atoms with E-state index in [-0.39, 0.29) is 18.1 Å². The van der Waals surface area contributed by atoms with E-state index in [9.17, 15) is 4.79 Å². The molecule has 1 saturated heterocycles. The fourth-order valence-electron chi connectivity index (χ4n) is 3.39. The van der Waals surface area contributed by atoms with Crippen molar-refractivity contribution in [3.8, 4) is 0 Å². The predicted octanol–water partition coefficient (Wildman–Crippen LogP) is 1.70. The topological polar surface area (TPSA) is 59.4 Å². The average Bonchev–Trinajstić information content (AvgIpc) is 3.09. The first-order valence-corrected chi connectivity index (χ1v) is 8.83. The van der Waals surface area contributed by atoms with Crippen LogP contribution in [-0.2, 0) is 9.53 Å². The van der Waals surface area contributed by atoms with E-state index in [1.54, 1.807) is 10.9 Å². The van der Waals surface area contributed by atoms with Crippen molar-refractivity contribution >= 4 is 5.91 Å². The van der Waals surface area contributed by atoms with Crippen molar-refractivity contribution in [1.82, 2.24) is 20.0 Å². The van der Waals surface area contributed by atoms with Gasteiger partial charge in [0.15, 0.2) is 6.04 Å². The van der Waals surface area contributed by atoms with Gasteiger partial charge in [0.05, 0.1) is 12.2 Å². The molecule has 0 spiro atoms. The number of benzene rings is 1. The summed E-state index contributed by atoms with van der Waals surface area (Å²) in [6.45, 7) is 7.42. The van der Waals surface area contributed by atoms with Crippen LogP contribution in [0.3, 0.4) is 0 Å². The smallest absolute Gasteiger partial charge is 0.249 e. The zero-order valence-corrected chi connectivity index (χ0v) is 14.8. The molecule has 25 heavy (non-hydrogen) atoms. The second kappa shape index (κ2) is 8.27. The number of morpholine rings is 1. The lowest BCUT2D eigenvalue weighted by molar-refractivity contribution is -0.123. The number of amides is 1. The Balaban J connectivity index is 1.60. The van der Waals surface area contributed by atoms with Crippen LogP contribution in [-0.4, -0.2) is 59.0 Å². The Morgan fingerprint density at radius 1 is 1.24 bits per heavy atom. The first-order valence-electron chi connectivity index (χ1n) is 8.83. The number of nitrogens with zero attached hydrogens (tertiary/aromatic N) is 3. The molecule has 3 rings (SSSR count). The zero-order valence-electron chi connectivity index (χ0n) is 14.8. The summed E-state index contributed by atoms with van der Waals surface area (Å²) in [6.07, 6.45) is 3.99. The Kier molecular flexibility index (Phi) is 5.83. The summed E-state index contributed by atoms with van der Waals surface area (Å²) in [5.74, 6) is -0.0377. The van der Waals surface area contributed by atoms with E-state index in [2.05, 4.69) is 29.2 Å². The summed E-state index contributed by atoms with van der Waals surface area (Å²) in [7, 11) is 0. The van der Waals surface area contributed by atoms with Gasteiger partial charge in [-0.05, 0) is 25.5 Å². The lowest BCUT2D eigenvalue weighted by Crippen LogP contribution is -2.48. The van der Waals surface area contributed by atoms with Gasteiger partial charge >= 0.3 is 0 Å². The van der Waals surface area contributed by atoms with Crippen molar-refractivity contribution in [2.24, 2.45) is 0 Å². The molecule has 3 atom stereocenters. The SMILES string of the molecule is C[C@@H]1CN(CCNC(=O)[C@@H](c2ccccc2)n2cccn2)C[C@H](C)O1. The highest BCUT2D eigenvalue weighted by Crippen LogP contribution is 2.17. The third-order valence-corrected chi connectivity index (χ3v) is 4.38. The summed E-state index contributed by atoms with van der Waals surface area (Å²) < 4.78 is 7.45. The minimum absolute atomic E-state index is 0.0377. The van der Waals surface area contributed by atoms with Gasteiger partial charge in [-0.2, -0.15) is 5.10 Å². The Morgan fingerprint density at radius 3 is 2.60 bits per heavy atom. The molecule has 1 N–H and O–H groups in total. The quantitative estimate of drug-likeness (QED) is 0.868. The number of rotatable bonds is 6. The summed E-state index contributed by atoms with van der Waals surface area (Å²) >= 11 is 0. The van der Waals surface area contributed by atoms with Crippen molar-refractivity contribution in [3.05, 3.63) is 54.4 Å². The van der Waals surface area contributed by atoms with Crippen LogP contribution in [0.25, 0.3) is 0 Å². The molecule has 134 valence electrons. The molecule has 0 radical (unpaired) electrons. The predicted molar refractivity (Wildman–Crippen MR) is 96.3 cm³/mol. The Labute approximate surface area is 148 Å². The van der Waals surface area contributed by atoms with Crippen molar-refractivity contribution in [2.45, 2.75) is 32.1 Å². The van der Waals surface area contributed by atoms with Gasteiger partial charge in [0, 0.05) is 38.6 Å². The lowest BCUT2D eigenvalue weighted by Gasteiger charge is -2.35. The van der Waals surface area contributed by atoms with Gasteiger partial charge in [0.1, 0.15) is 0 Å². The molecule has 1 amide bonds. The molecule has 6 nitrogen and oxygen atoms in total. The fraction of sp³-hybridized carbons (Fsp3) is 0.474. The molecular formula is C19H26N4O2. The van der Waals surface area contributed by atoms with Gasteiger partial charge in [0.25, 0.3) is 0 Å². The van der Waals surface area contributed by atoms with E-state index in [0.717, 1.165) is 25.2 Å². The lowest BCUT2D eigenvalue weighted by atomic mass is 10.1. The number of carbonyl (C=O) groups excluding carboxylic acids is 1. The molecule has 1 aromatic carbocycles. The van der Waals surface area contributed by atoms with E-state index in [1.165, 1.54) is 0 Å². The number of hydrogen-bond donors (Lipinski definition) is 1. The van der Waals surface area contributed by atoms with Crippen molar-refractivity contribution < 1.29 is 9.53 Å². The number of carbonyl (C=O) groups is 1. The normalized spacial score (nSPS) is 22.5. The third-order valence-electron chi connectivity index (χ3n) is 4.38. The van der Waals surface area contributed by atoms with Gasteiger partial charge < -0.3 is 10.1 Å². The van der Waals surface area contributed by atoms with E-state index in [0.29, 0.717) is 6.54 Å². The standard InChI is InChI=1S/C19H26N4O2/c1-15-13-22(14-16(2)25-15)12-10-20-19(24)18(23-11-6-9-21-23)17-7-4-3-5-8-17/h3-9,11,15-16,18H,10,12-14H2,1-2H3,(H,20,24)/t15-,16+,18-/m1/s1. The summed E-state index contributed by atoms with van der Waals surface area (Å²) in [5.41, 5.74) is 0.928. The second-order valence-electron chi connectivity index (χ2n) is 6.61. The van der Waals surface area contributed by atoms with Crippen LogP contribution < -0.4 is 5.32 Å². The minimum atomic E-state index is -0.446. The van der Waals surface area contributed by atoms with Gasteiger partial charge in [-0.3, -0.25) is 14.4 Å². The van der Waals surface area contributed by atoms with E-state index in [1.807, 2.05) is 42.6 Å². The van der Waals surface area contributed by atoms with Crippen molar-refractivity contribution in [3.63, 3.8) is 0 Å². The summed E-state index contributed by atoms with van der Waals surface area (Å²) in [6, 6.07) is 11.1. The Bertz CT molecular complexity index is 649. The van der Waals surface area contributed by atoms with Crippen molar-refractivity contribution in [2.75, 3.05) is 26.2 Å². The number of nitrogens with one attached hydrogen (secondary N) is 1. The minimum Gasteiger partial charge on any atom is -0.373 e. The van der Waals surface area contributed by atoms with Crippen LogP contribution in [0.2, 0.25) is 0 Å². The first kappa shape index (κ1) is 17.6. The molecule has 0 bridgehead atoms. The highest BCUT2D eigenvalue weighted by atomic mass is 16.5. The molecule has 2 heterocycles. The number of aromatic nitrogens is 2. The molecule has 1 fully saturated rings. The maximum Gasteiger partial charge on any atom is 0.249 e. The van der Waals surface area contributed by atoms with E-state index in [4.69, 9.17) is 4.74 Å². The van der Waals surface area contributed by atoms with Gasteiger partial charge in [-0.1, -0.05) is 30.3 Å². The van der Waals surface area contributed by atoms with Gasteiger partial charge in [-0.25, -0.2) is 0 Å². The second-order valence-corrected chi connectivity index (χ2v) is 6.61.